The van der Waals surface area contributed by atoms with E-state index in [0.29, 0.717) is 0 Å². The number of hydrogen-bond donors (Lipinski definition) is 2. The second kappa shape index (κ2) is 46.6. The van der Waals surface area contributed by atoms with Crippen LogP contribution in [0.2, 0.25) is 0 Å². The van der Waals surface area contributed by atoms with Gasteiger partial charge in [0.25, 0.3) is 0 Å². The Morgan fingerprint density at radius 3 is 1.56 bits per heavy atom. The molecule has 0 amide bonds. The van der Waals surface area contributed by atoms with Crippen LogP contribution in [0.15, 0.2) is 25.5 Å². The molecular formula is C5H10O3Ti. The molecular weight excluding hydrogens is 156 g/mol. The number of aliphatic hydroxyl groups excluding tert-OH is 2. The van der Waals surface area contributed by atoms with Gasteiger partial charge in [-0.3, -0.25) is 0 Å². The van der Waals surface area contributed by atoms with Crippen LogP contribution in [-0.4, -0.2) is 16.8 Å². The maximum absolute atomic E-state index is 8.25. The average Bonchev–Trinajstić information content (AvgIpc) is 1.94. The molecule has 0 aromatic heterocycles. The van der Waals surface area contributed by atoms with Crippen LogP contribution in [-0.2, 0) is 23.7 Å². The van der Waals surface area contributed by atoms with Gasteiger partial charge in [0.2, 0.25) is 0 Å². The van der Waals surface area contributed by atoms with E-state index in [9.17, 15) is 0 Å². The van der Waals surface area contributed by atoms with Gasteiger partial charge in [-0.25, -0.2) is 0 Å². The fourth-order valence-corrected chi connectivity index (χ4v) is 0. The van der Waals surface area contributed by atoms with Crippen molar-refractivity contribution in [1.29, 1.82) is 0 Å². The Bertz CT molecular complexity index is 56.2. The SMILES string of the molecule is C=CCO.C=CO.[O]=[Ti]. The fraction of sp³-hybridized carbons (Fsp3) is 0.200. The molecule has 0 aliphatic carbocycles. The summed E-state index contributed by atoms with van der Waals surface area (Å²) in [4.78, 5) is 0. The Morgan fingerprint density at radius 2 is 1.56 bits per heavy atom. The number of aliphatic hydroxyl groups is 2. The molecule has 2 N–H and O–H groups in total. The van der Waals surface area contributed by atoms with Crippen molar-refractivity contribution in [2.45, 2.75) is 0 Å². The first-order valence-electron chi connectivity index (χ1n) is 2.00. The van der Waals surface area contributed by atoms with Gasteiger partial charge in [-0.15, -0.1) is 6.58 Å². The van der Waals surface area contributed by atoms with E-state index in [1.54, 1.807) is 0 Å². The molecule has 0 saturated heterocycles. The van der Waals surface area contributed by atoms with Gasteiger partial charge in [-0.2, -0.15) is 0 Å². The van der Waals surface area contributed by atoms with Crippen molar-refractivity contribution in [3.8, 4) is 0 Å². The molecule has 0 saturated carbocycles. The van der Waals surface area contributed by atoms with Gasteiger partial charge in [0.1, 0.15) is 0 Å². The molecule has 3 nitrogen and oxygen atoms in total. The molecule has 0 atom stereocenters. The van der Waals surface area contributed by atoms with Gasteiger partial charge >= 0.3 is 23.7 Å². The van der Waals surface area contributed by atoms with Gasteiger partial charge in [0.15, 0.2) is 0 Å². The summed E-state index contributed by atoms with van der Waals surface area (Å²) in [5.41, 5.74) is 0. The molecule has 9 heavy (non-hydrogen) atoms. The Morgan fingerprint density at radius 1 is 1.44 bits per heavy atom. The molecule has 0 bridgehead atoms. The molecule has 0 spiro atoms. The maximum atomic E-state index is 8.25. The molecule has 0 aliphatic rings. The molecule has 52 valence electrons. The monoisotopic (exact) mass is 166 g/mol. The summed E-state index contributed by atoms with van der Waals surface area (Å²) in [5.74, 6) is 0. The summed E-state index contributed by atoms with van der Waals surface area (Å²) >= 11 is 0.750. The van der Waals surface area contributed by atoms with Gasteiger partial charge in [0.05, 0.1) is 12.9 Å². The van der Waals surface area contributed by atoms with Crippen LogP contribution in [0, 0.1) is 0 Å². The summed E-state index contributed by atoms with van der Waals surface area (Å²) in [5, 5.41) is 15.1. The second-order valence-electron chi connectivity index (χ2n) is 0.654. The van der Waals surface area contributed by atoms with E-state index in [0.717, 1.165) is 26.7 Å². The molecule has 0 rings (SSSR count). The van der Waals surface area contributed by atoms with Crippen molar-refractivity contribution in [2.24, 2.45) is 0 Å². The third kappa shape index (κ3) is 451. The minimum absolute atomic E-state index is 0.0833. The van der Waals surface area contributed by atoms with Crippen LogP contribution in [0.4, 0.5) is 0 Å². The Labute approximate surface area is 66.4 Å². The summed E-state index contributed by atoms with van der Waals surface area (Å²) in [7, 11) is 0. The fourth-order valence-electron chi connectivity index (χ4n) is 0. The van der Waals surface area contributed by atoms with Gasteiger partial charge in [-0.1, -0.05) is 12.7 Å². The quantitative estimate of drug-likeness (QED) is 0.343. The van der Waals surface area contributed by atoms with Crippen molar-refractivity contribution in [3.63, 3.8) is 0 Å². The van der Waals surface area contributed by atoms with Crippen molar-refractivity contribution in [1.82, 2.24) is 0 Å². The summed E-state index contributed by atoms with van der Waals surface area (Å²) < 4.78 is 8.25. The van der Waals surface area contributed by atoms with E-state index < -0.39 is 0 Å². The standard InChI is InChI=1S/C3H6O.C2H4O.O.Ti/c1-2-3-4;1-2-3;;/h2,4H,1,3H2;2-3H,1H2;;. The van der Waals surface area contributed by atoms with E-state index in [2.05, 4.69) is 13.2 Å². The van der Waals surface area contributed by atoms with Gasteiger partial charge in [0, 0.05) is 0 Å². The molecule has 0 aromatic rings. The van der Waals surface area contributed by atoms with E-state index in [1.165, 1.54) is 6.08 Å². The molecule has 0 aliphatic heterocycles. The van der Waals surface area contributed by atoms with Crippen LogP contribution in [0.25, 0.3) is 0 Å². The Balaban J connectivity index is -0.0000000646. The predicted molar refractivity (Wildman–Crippen MR) is 30.8 cm³/mol. The first-order chi connectivity index (χ1) is 4.33. The summed E-state index contributed by atoms with van der Waals surface area (Å²) in [6.45, 7) is 6.23. The zero-order chi connectivity index (χ0) is 8.12. The predicted octanol–water partition coefficient (Wildman–Crippen LogP) is 0.731. The molecule has 0 unspecified atom stereocenters. The second-order valence-corrected chi connectivity index (χ2v) is 0.654. The van der Waals surface area contributed by atoms with Crippen LogP contribution in [0.5, 0.6) is 0 Å². The topological polar surface area (TPSA) is 57.5 Å². The zero-order valence-electron chi connectivity index (χ0n) is 5.08. The third-order valence-corrected chi connectivity index (χ3v) is 0.129. The van der Waals surface area contributed by atoms with E-state index in [1.807, 2.05) is 0 Å². The van der Waals surface area contributed by atoms with E-state index >= 15 is 0 Å². The van der Waals surface area contributed by atoms with Crippen molar-refractivity contribution < 1.29 is 33.9 Å². The Hall–Kier alpha value is -0.246. The van der Waals surface area contributed by atoms with E-state index in [-0.39, 0.29) is 6.61 Å². The van der Waals surface area contributed by atoms with Crippen LogP contribution in [0.1, 0.15) is 0 Å². The Kier molecular flexibility index (Phi) is 82.4. The van der Waals surface area contributed by atoms with E-state index in [4.69, 9.17) is 13.5 Å². The number of hydrogen-bond acceptors (Lipinski definition) is 3. The van der Waals surface area contributed by atoms with Gasteiger partial charge < -0.3 is 10.2 Å². The van der Waals surface area contributed by atoms with Crippen molar-refractivity contribution >= 4 is 0 Å². The third-order valence-electron chi connectivity index (χ3n) is 0.129. The molecule has 0 aromatic carbocycles. The molecule has 0 fully saturated rings. The first kappa shape index (κ1) is 15.9. The van der Waals surface area contributed by atoms with Gasteiger partial charge in [-0.05, 0) is 0 Å². The average molecular weight is 166 g/mol. The normalized spacial score (nSPS) is 4.44. The summed E-state index contributed by atoms with van der Waals surface area (Å²) in [6, 6.07) is 0. The van der Waals surface area contributed by atoms with Crippen LogP contribution >= 0.6 is 0 Å². The summed E-state index contributed by atoms with van der Waals surface area (Å²) in [6.07, 6.45) is 2.18. The first-order valence-corrected chi connectivity index (χ1v) is 2.64. The van der Waals surface area contributed by atoms with Crippen LogP contribution in [0.3, 0.4) is 0 Å². The molecule has 4 heteroatoms. The van der Waals surface area contributed by atoms with Crippen molar-refractivity contribution in [2.75, 3.05) is 6.61 Å². The minimum atomic E-state index is 0.0833. The molecule has 0 radical (unpaired) electrons. The van der Waals surface area contributed by atoms with Crippen molar-refractivity contribution in [3.05, 3.63) is 25.5 Å². The molecule has 0 heterocycles. The van der Waals surface area contributed by atoms with Crippen LogP contribution < -0.4 is 0 Å². The zero-order valence-corrected chi connectivity index (χ0v) is 6.64. The number of rotatable bonds is 1.